The molecule has 0 saturated heterocycles. The highest BCUT2D eigenvalue weighted by Gasteiger charge is 2.24. The van der Waals surface area contributed by atoms with Gasteiger partial charge in [0, 0.05) is 49.0 Å². The van der Waals surface area contributed by atoms with Gasteiger partial charge in [-0.05, 0) is 75.9 Å². The zero-order valence-corrected chi connectivity index (χ0v) is 26.8. The predicted molar refractivity (Wildman–Crippen MR) is 183 cm³/mol. The Kier molecular flexibility index (Phi) is 10.7. The lowest BCUT2D eigenvalue weighted by Gasteiger charge is -2.21. The molecule has 0 fully saturated rings. The number of rotatable bonds is 14. The topological polar surface area (TPSA) is 99.7 Å². The van der Waals surface area contributed by atoms with Gasteiger partial charge in [0.2, 0.25) is 0 Å². The van der Waals surface area contributed by atoms with Gasteiger partial charge in [0.25, 0.3) is 5.91 Å². The molecule has 43 heavy (non-hydrogen) atoms. The maximum Gasteiger partial charge on any atom is 0.253 e. The van der Waals surface area contributed by atoms with Crippen molar-refractivity contribution in [3.05, 3.63) is 77.3 Å². The quantitative estimate of drug-likeness (QED) is 0.0986. The number of allylic oxidation sites excluding steroid dienone is 1. The summed E-state index contributed by atoms with van der Waals surface area (Å²) in [6, 6.07) is 10.5. The molecule has 0 spiro atoms. The van der Waals surface area contributed by atoms with Crippen LogP contribution in [0.3, 0.4) is 0 Å². The molecule has 4 rings (SSSR count). The molecule has 1 aliphatic rings. The first-order valence-electron chi connectivity index (χ1n) is 15.6. The van der Waals surface area contributed by atoms with E-state index in [4.69, 9.17) is 10.7 Å². The number of benzene rings is 2. The first-order valence-corrected chi connectivity index (χ1v) is 15.6. The Bertz CT molecular complexity index is 1530. The first-order chi connectivity index (χ1) is 20.7. The van der Waals surface area contributed by atoms with Crippen molar-refractivity contribution in [1.82, 2.24) is 14.8 Å². The maximum atomic E-state index is 13.4. The van der Waals surface area contributed by atoms with Crippen LogP contribution in [0.15, 0.2) is 65.6 Å². The Labute approximate surface area is 257 Å². The van der Waals surface area contributed by atoms with E-state index in [2.05, 4.69) is 90.4 Å². The molecule has 2 heterocycles. The number of aryl methyl sites for hydroxylation is 2. The fourth-order valence-corrected chi connectivity index (χ4v) is 5.67. The van der Waals surface area contributed by atoms with Gasteiger partial charge in [-0.3, -0.25) is 4.79 Å². The van der Waals surface area contributed by atoms with Crippen LogP contribution < -0.4 is 21.7 Å². The number of nitrogens with one attached hydrogen (secondary N) is 3. The van der Waals surface area contributed by atoms with E-state index in [1.807, 2.05) is 26.0 Å². The van der Waals surface area contributed by atoms with Crippen LogP contribution in [0.5, 0.6) is 0 Å². The number of carbonyl (C=O) groups excluding carboxylic acids is 1. The van der Waals surface area contributed by atoms with Crippen LogP contribution in [0.2, 0.25) is 0 Å². The first kappa shape index (κ1) is 31.9. The molecule has 230 valence electrons. The number of aliphatic imine (C=N–C) groups is 1. The smallest absolute Gasteiger partial charge is 0.253 e. The number of carbonyl (C=O) groups is 1. The van der Waals surface area contributed by atoms with Crippen LogP contribution in [0, 0.1) is 0 Å². The standard InChI is InChI=1S/C35H49N7O/c1-8-16-38-35(43)26(10-3)33(29-22-42-18-12-14-25-13-11-15-27(29)34(25)42)40-24(5)39-31-21-30(36)32(37-17-19-41(6)7)20-28(31)23(4)9-2/h10-11,13,15,20-23,37,39H,5,8-9,12,14,16-19,36H2,1-4,6-7H3,(H,38,43)/b26-10+,40-33?. The van der Waals surface area contributed by atoms with Crippen LogP contribution in [0.4, 0.5) is 17.1 Å². The number of likely N-dealkylation sites (N-methyl/N-ethyl adjacent to an activating group) is 1. The summed E-state index contributed by atoms with van der Waals surface area (Å²) >= 11 is 0. The number of aromatic nitrogens is 1. The Morgan fingerprint density at radius 3 is 2.70 bits per heavy atom. The second kappa shape index (κ2) is 14.4. The Morgan fingerprint density at radius 2 is 2.00 bits per heavy atom. The molecule has 0 bridgehead atoms. The van der Waals surface area contributed by atoms with E-state index in [1.54, 1.807) is 0 Å². The number of amides is 1. The van der Waals surface area contributed by atoms with E-state index in [9.17, 15) is 4.79 Å². The molecule has 1 amide bonds. The van der Waals surface area contributed by atoms with Crippen LogP contribution in [0.25, 0.3) is 10.9 Å². The fraction of sp³-hybridized carbons (Fsp3) is 0.429. The van der Waals surface area contributed by atoms with E-state index in [0.29, 0.717) is 29.3 Å². The largest absolute Gasteiger partial charge is 0.397 e. The highest BCUT2D eigenvalue weighted by Crippen LogP contribution is 2.35. The van der Waals surface area contributed by atoms with E-state index < -0.39 is 0 Å². The molecule has 8 heteroatoms. The SMILES string of the molecule is C=C(N=C(/C(=C\C)C(=O)NCCC)c1cn2c3c(cccc13)CCC2)Nc1cc(N)c(NCCN(C)C)cc1C(C)CC. The predicted octanol–water partition coefficient (Wildman–Crippen LogP) is 6.50. The van der Waals surface area contributed by atoms with Crippen LogP contribution in [-0.4, -0.2) is 54.8 Å². The van der Waals surface area contributed by atoms with Crippen molar-refractivity contribution >= 4 is 39.6 Å². The van der Waals surface area contributed by atoms with Gasteiger partial charge in [-0.25, -0.2) is 4.99 Å². The van der Waals surface area contributed by atoms with E-state index >= 15 is 0 Å². The van der Waals surface area contributed by atoms with Gasteiger partial charge < -0.3 is 31.2 Å². The molecule has 0 saturated carbocycles. The van der Waals surface area contributed by atoms with Crippen molar-refractivity contribution < 1.29 is 4.79 Å². The molecule has 1 aromatic heterocycles. The number of nitrogens with two attached hydrogens (primary N) is 1. The third kappa shape index (κ3) is 7.31. The monoisotopic (exact) mass is 583 g/mol. The lowest BCUT2D eigenvalue weighted by Crippen LogP contribution is -2.29. The van der Waals surface area contributed by atoms with Gasteiger partial charge in [-0.2, -0.15) is 0 Å². The summed E-state index contributed by atoms with van der Waals surface area (Å²) in [4.78, 5) is 20.6. The lowest BCUT2D eigenvalue weighted by atomic mass is 9.95. The van der Waals surface area contributed by atoms with Crippen LogP contribution >= 0.6 is 0 Å². The minimum absolute atomic E-state index is 0.138. The van der Waals surface area contributed by atoms with E-state index in [0.717, 1.165) is 73.2 Å². The van der Waals surface area contributed by atoms with Crippen molar-refractivity contribution in [2.45, 2.75) is 65.8 Å². The minimum atomic E-state index is -0.138. The van der Waals surface area contributed by atoms with Gasteiger partial charge in [-0.15, -0.1) is 0 Å². The van der Waals surface area contributed by atoms with Crippen molar-refractivity contribution in [2.75, 3.05) is 50.1 Å². The van der Waals surface area contributed by atoms with Gasteiger partial charge in [-0.1, -0.05) is 51.6 Å². The summed E-state index contributed by atoms with van der Waals surface area (Å²) in [5, 5.41) is 11.1. The lowest BCUT2D eigenvalue weighted by molar-refractivity contribution is -0.117. The number of nitrogens with zero attached hydrogens (tertiary/aromatic N) is 3. The summed E-state index contributed by atoms with van der Waals surface area (Å²) in [7, 11) is 4.11. The number of para-hydroxylation sites is 1. The molecule has 1 unspecified atom stereocenters. The number of nitrogen functional groups attached to an aromatic ring is 1. The Balaban J connectivity index is 1.76. The Morgan fingerprint density at radius 1 is 1.21 bits per heavy atom. The molecule has 1 atom stereocenters. The number of hydrogen-bond donors (Lipinski definition) is 4. The van der Waals surface area contributed by atoms with Gasteiger partial charge >= 0.3 is 0 Å². The molecular formula is C35H49N7O. The maximum absolute atomic E-state index is 13.4. The highest BCUT2D eigenvalue weighted by molar-refractivity contribution is 6.31. The molecular weight excluding hydrogens is 534 g/mol. The van der Waals surface area contributed by atoms with E-state index in [1.165, 1.54) is 11.1 Å². The minimum Gasteiger partial charge on any atom is -0.397 e. The normalized spacial score (nSPS) is 14.2. The second-order valence-corrected chi connectivity index (χ2v) is 11.7. The molecule has 0 radical (unpaired) electrons. The molecule has 1 aliphatic heterocycles. The summed E-state index contributed by atoms with van der Waals surface area (Å²) in [6.07, 6.45) is 7.96. The molecule has 2 aromatic carbocycles. The fourth-order valence-electron chi connectivity index (χ4n) is 5.67. The van der Waals surface area contributed by atoms with E-state index in [-0.39, 0.29) is 11.8 Å². The average Bonchev–Trinajstić information content (AvgIpc) is 3.36. The third-order valence-electron chi connectivity index (χ3n) is 8.17. The number of hydrogen-bond acceptors (Lipinski definition) is 6. The highest BCUT2D eigenvalue weighted by atomic mass is 16.1. The molecule has 0 aliphatic carbocycles. The summed E-state index contributed by atoms with van der Waals surface area (Å²) in [5.74, 6) is 0.597. The Hall–Kier alpha value is -4.04. The summed E-state index contributed by atoms with van der Waals surface area (Å²) < 4.78 is 2.30. The zero-order chi connectivity index (χ0) is 31.1. The van der Waals surface area contributed by atoms with Crippen molar-refractivity contribution in [1.29, 1.82) is 0 Å². The van der Waals surface area contributed by atoms with Crippen LogP contribution in [0.1, 0.15) is 69.6 Å². The van der Waals surface area contributed by atoms with Crippen molar-refractivity contribution in [3.8, 4) is 0 Å². The second-order valence-electron chi connectivity index (χ2n) is 11.7. The molecule has 3 aromatic rings. The summed E-state index contributed by atoms with van der Waals surface area (Å²) in [5.41, 5.74) is 14.8. The van der Waals surface area contributed by atoms with Crippen molar-refractivity contribution in [3.63, 3.8) is 0 Å². The average molecular weight is 584 g/mol. The van der Waals surface area contributed by atoms with Gasteiger partial charge in [0.15, 0.2) is 0 Å². The van der Waals surface area contributed by atoms with Gasteiger partial charge in [0.1, 0.15) is 5.82 Å². The number of anilines is 3. The van der Waals surface area contributed by atoms with Crippen LogP contribution in [-0.2, 0) is 17.8 Å². The zero-order valence-electron chi connectivity index (χ0n) is 26.8. The third-order valence-corrected chi connectivity index (χ3v) is 8.17. The van der Waals surface area contributed by atoms with Crippen molar-refractivity contribution in [2.24, 2.45) is 4.99 Å². The van der Waals surface area contributed by atoms with Gasteiger partial charge in [0.05, 0.1) is 28.2 Å². The molecule has 5 N–H and O–H groups in total. The molecule has 8 nitrogen and oxygen atoms in total. The summed E-state index contributed by atoms with van der Waals surface area (Å²) in [6.45, 7) is 15.9.